The SMILES string of the molecule is O=C(C1CCC1)N1CCC(Cn2cnc3ccccc32)CC1.O=C(O)C(=O)O. The van der Waals surface area contributed by atoms with Crippen molar-refractivity contribution in [3.8, 4) is 0 Å². The quantitative estimate of drug-likeness (QED) is 0.781. The molecule has 1 saturated carbocycles. The molecular weight excluding hydrogens is 362 g/mol. The van der Waals surface area contributed by atoms with Gasteiger partial charge in [0, 0.05) is 25.6 Å². The molecule has 8 heteroatoms. The molecule has 2 aromatic rings. The Kier molecular flexibility index (Phi) is 6.28. The van der Waals surface area contributed by atoms with Crippen molar-refractivity contribution < 1.29 is 24.6 Å². The maximum atomic E-state index is 12.3. The number of carboxylic acid groups (broad SMARTS) is 2. The zero-order valence-electron chi connectivity index (χ0n) is 15.7. The molecule has 28 heavy (non-hydrogen) atoms. The number of carboxylic acids is 2. The number of hydrogen-bond donors (Lipinski definition) is 2. The highest BCUT2D eigenvalue weighted by molar-refractivity contribution is 6.27. The summed E-state index contributed by atoms with van der Waals surface area (Å²) in [6.07, 6.45) is 7.65. The molecule has 1 aliphatic carbocycles. The maximum absolute atomic E-state index is 12.3. The number of hydrogen-bond acceptors (Lipinski definition) is 4. The van der Waals surface area contributed by atoms with Gasteiger partial charge in [-0.2, -0.15) is 0 Å². The van der Waals surface area contributed by atoms with Gasteiger partial charge in [0.05, 0.1) is 17.4 Å². The summed E-state index contributed by atoms with van der Waals surface area (Å²) in [6.45, 7) is 2.89. The van der Waals surface area contributed by atoms with Crippen molar-refractivity contribution in [1.29, 1.82) is 0 Å². The van der Waals surface area contributed by atoms with E-state index in [1.807, 2.05) is 12.4 Å². The summed E-state index contributed by atoms with van der Waals surface area (Å²) < 4.78 is 2.27. The Balaban J connectivity index is 0.000000330. The number of rotatable bonds is 3. The number of nitrogens with zero attached hydrogens (tertiary/aromatic N) is 3. The lowest BCUT2D eigenvalue weighted by atomic mass is 9.83. The zero-order valence-corrected chi connectivity index (χ0v) is 15.7. The fraction of sp³-hybridized carbons (Fsp3) is 0.500. The van der Waals surface area contributed by atoms with Crippen LogP contribution in [0, 0.1) is 11.8 Å². The summed E-state index contributed by atoms with van der Waals surface area (Å²) in [7, 11) is 0. The van der Waals surface area contributed by atoms with Gasteiger partial charge < -0.3 is 19.7 Å². The summed E-state index contributed by atoms with van der Waals surface area (Å²) in [4.78, 5) is 37.1. The molecule has 0 unspecified atom stereocenters. The molecule has 1 aromatic heterocycles. The second-order valence-electron chi connectivity index (χ2n) is 7.39. The summed E-state index contributed by atoms with van der Waals surface area (Å²) in [5, 5.41) is 14.8. The van der Waals surface area contributed by atoms with E-state index in [4.69, 9.17) is 19.8 Å². The van der Waals surface area contributed by atoms with Gasteiger partial charge in [0.1, 0.15) is 0 Å². The normalized spacial score (nSPS) is 17.5. The molecular formula is C20H25N3O5. The number of likely N-dealkylation sites (tertiary alicyclic amines) is 1. The lowest BCUT2D eigenvalue weighted by molar-refractivity contribution is -0.159. The number of carbonyl (C=O) groups excluding carboxylic acids is 1. The van der Waals surface area contributed by atoms with Gasteiger partial charge in [0.2, 0.25) is 5.91 Å². The minimum absolute atomic E-state index is 0.342. The fourth-order valence-corrected chi connectivity index (χ4v) is 3.68. The first kappa shape index (κ1) is 19.9. The van der Waals surface area contributed by atoms with E-state index in [1.165, 1.54) is 11.9 Å². The second-order valence-corrected chi connectivity index (χ2v) is 7.39. The average molecular weight is 387 g/mol. The van der Waals surface area contributed by atoms with Gasteiger partial charge in [-0.25, -0.2) is 14.6 Å². The predicted octanol–water partition coefficient (Wildman–Crippen LogP) is 2.23. The highest BCUT2D eigenvalue weighted by Crippen LogP contribution is 2.30. The Morgan fingerprint density at radius 3 is 2.21 bits per heavy atom. The Morgan fingerprint density at radius 1 is 1.00 bits per heavy atom. The lowest BCUT2D eigenvalue weighted by Gasteiger charge is -2.36. The number of imidazole rings is 1. The molecule has 1 aliphatic heterocycles. The van der Waals surface area contributed by atoms with Crippen LogP contribution < -0.4 is 0 Å². The van der Waals surface area contributed by atoms with Crippen LogP contribution in [-0.4, -0.2) is 55.6 Å². The largest absolute Gasteiger partial charge is 0.473 e. The molecule has 1 saturated heterocycles. The van der Waals surface area contributed by atoms with Gasteiger partial charge in [-0.3, -0.25) is 4.79 Å². The molecule has 2 fully saturated rings. The molecule has 2 aliphatic rings. The molecule has 0 radical (unpaired) electrons. The second kappa shape index (κ2) is 8.86. The third-order valence-electron chi connectivity index (χ3n) is 5.55. The summed E-state index contributed by atoms with van der Waals surface area (Å²) >= 11 is 0. The van der Waals surface area contributed by atoms with Crippen LogP contribution in [0.2, 0.25) is 0 Å². The van der Waals surface area contributed by atoms with Crippen LogP contribution >= 0.6 is 0 Å². The van der Waals surface area contributed by atoms with Crippen molar-refractivity contribution in [3.63, 3.8) is 0 Å². The van der Waals surface area contributed by atoms with Crippen LogP contribution in [0.25, 0.3) is 11.0 Å². The molecule has 4 rings (SSSR count). The number of carbonyl (C=O) groups is 3. The van der Waals surface area contributed by atoms with Crippen LogP contribution in [0.4, 0.5) is 0 Å². The molecule has 1 amide bonds. The third-order valence-corrected chi connectivity index (χ3v) is 5.55. The Labute approximate surface area is 162 Å². The molecule has 0 spiro atoms. The van der Waals surface area contributed by atoms with E-state index in [0.717, 1.165) is 50.8 Å². The standard InChI is InChI=1S/C18H23N3O.C2H2O4/c22-18(15-4-3-5-15)20-10-8-14(9-11-20)12-21-13-19-16-6-1-2-7-17(16)21;3-1(4)2(5)6/h1-2,6-7,13-15H,3-5,8-12H2;(H,3,4)(H,5,6). The minimum Gasteiger partial charge on any atom is -0.473 e. The number of piperidine rings is 1. The maximum Gasteiger partial charge on any atom is 0.414 e. The zero-order chi connectivity index (χ0) is 20.1. The highest BCUT2D eigenvalue weighted by Gasteiger charge is 2.31. The first-order chi connectivity index (χ1) is 13.5. The smallest absolute Gasteiger partial charge is 0.414 e. The molecule has 2 heterocycles. The van der Waals surface area contributed by atoms with E-state index < -0.39 is 11.9 Å². The van der Waals surface area contributed by atoms with Gasteiger partial charge in [0.25, 0.3) is 0 Å². The van der Waals surface area contributed by atoms with Crippen LogP contribution in [0.15, 0.2) is 30.6 Å². The van der Waals surface area contributed by atoms with Crippen LogP contribution in [0.5, 0.6) is 0 Å². The lowest BCUT2D eigenvalue weighted by Crippen LogP contribution is -2.44. The van der Waals surface area contributed by atoms with E-state index in [1.54, 1.807) is 0 Å². The Morgan fingerprint density at radius 2 is 1.64 bits per heavy atom. The Bertz CT molecular complexity index is 838. The van der Waals surface area contributed by atoms with Gasteiger partial charge in [0.15, 0.2) is 0 Å². The summed E-state index contributed by atoms with van der Waals surface area (Å²) in [6, 6.07) is 8.30. The summed E-state index contributed by atoms with van der Waals surface area (Å²) in [5.41, 5.74) is 2.29. The van der Waals surface area contributed by atoms with Gasteiger partial charge in [-0.15, -0.1) is 0 Å². The van der Waals surface area contributed by atoms with Gasteiger partial charge >= 0.3 is 11.9 Å². The highest BCUT2D eigenvalue weighted by atomic mass is 16.4. The number of fused-ring (bicyclic) bond motifs is 1. The fourth-order valence-electron chi connectivity index (χ4n) is 3.68. The number of aliphatic carboxylic acids is 2. The average Bonchev–Trinajstić information content (AvgIpc) is 3.04. The number of aromatic nitrogens is 2. The van der Waals surface area contributed by atoms with Crippen molar-refractivity contribution >= 4 is 28.9 Å². The number of para-hydroxylation sites is 2. The van der Waals surface area contributed by atoms with E-state index in [2.05, 4.69) is 32.7 Å². The molecule has 8 nitrogen and oxygen atoms in total. The van der Waals surface area contributed by atoms with E-state index >= 15 is 0 Å². The van der Waals surface area contributed by atoms with Gasteiger partial charge in [-0.05, 0) is 43.7 Å². The van der Waals surface area contributed by atoms with Crippen LogP contribution in [-0.2, 0) is 20.9 Å². The monoisotopic (exact) mass is 387 g/mol. The first-order valence-electron chi connectivity index (χ1n) is 9.60. The van der Waals surface area contributed by atoms with E-state index in [9.17, 15) is 4.79 Å². The van der Waals surface area contributed by atoms with Crippen molar-refractivity contribution in [2.24, 2.45) is 11.8 Å². The van der Waals surface area contributed by atoms with E-state index in [-0.39, 0.29) is 0 Å². The van der Waals surface area contributed by atoms with Crippen molar-refractivity contribution in [2.75, 3.05) is 13.1 Å². The third kappa shape index (κ3) is 4.68. The molecule has 150 valence electrons. The van der Waals surface area contributed by atoms with Crippen molar-refractivity contribution in [1.82, 2.24) is 14.5 Å². The molecule has 0 atom stereocenters. The Hall–Kier alpha value is -2.90. The topological polar surface area (TPSA) is 113 Å². The number of amides is 1. The van der Waals surface area contributed by atoms with Gasteiger partial charge in [-0.1, -0.05) is 18.6 Å². The van der Waals surface area contributed by atoms with Crippen LogP contribution in [0.1, 0.15) is 32.1 Å². The first-order valence-corrected chi connectivity index (χ1v) is 9.60. The molecule has 2 N–H and O–H groups in total. The molecule has 1 aromatic carbocycles. The minimum atomic E-state index is -1.82. The molecule has 0 bridgehead atoms. The summed E-state index contributed by atoms with van der Waals surface area (Å²) in [5.74, 6) is -2.24. The van der Waals surface area contributed by atoms with Crippen molar-refractivity contribution in [2.45, 2.75) is 38.6 Å². The number of benzene rings is 1. The predicted molar refractivity (Wildman–Crippen MR) is 102 cm³/mol. The van der Waals surface area contributed by atoms with E-state index in [0.29, 0.717) is 17.7 Å². The van der Waals surface area contributed by atoms with Crippen LogP contribution in [0.3, 0.4) is 0 Å². The van der Waals surface area contributed by atoms with Crippen molar-refractivity contribution in [3.05, 3.63) is 30.6 Å².